The number of carbonyl (C=O) groups excluding carboxylic acids is 2. The largest absolute Gasteiger partial charge is 0.482 e. The van der Waals surface area contributed by atoms with Gasteiger partial charge in [0.2, 0.25) is 0 Å². The van der Waals surface area contributed by atoms with Crippen LogP contribution >= 0.6 is 15.9 Å². The third kappa shape index (κ3) is 5.41. The Kier molecular flexibility index (Phi) is 6.42. The topological polar surface area (TPSA) is 138 Å². The number of halogens is 1. The molecule has 0 spiro atoms. The molecule has 1 amide bonds. The van der Waals surface area contributed by atoms with Crippen LogP contribution in [0.3, 0.4) is 0 Å². The number of ether oxygens (including phenoxy) is 2. The van der Waals surface area contributed by atoms with E-state index in [9.17, 15) is 24.5 Å². The SMILES string of the molecule is O=C(COC(=O)COc1ccc2ccc(=O)oc2c1)Nc1ccc([N+](=O)[O-])cc1Br. The van der Waals surface area contributed by atoms with Gasteiger partial charge in [0.25, 0.3) is 11.6 Å². The quantitative estimate of drug-likeness (QED) is 0.237. The molecular weight excluding hydrogens is 464 g/mol. The number of nitro groups is 1. The Balaban J connectivity index is 1.49. The van der Waals surface area contributed by atoms with Crippen LogP contribution in [0.15, 0.2) is 62.2 Å². The Hall–Kier alpha value is -3.73. The van der Waals surface area contributed by atoms with Crippen molar-refractivity contribution in [2.75, 3.05) is 18.5 Å². The number of hydrogen-bond donors (Lipinski definition) is 1. The summed E-state index contributed by atoms with van der Waals surface area (Å²) in [6.45, 7) is -1.03. The molecule has 0 radical (unpaired) electrons. The summed E-state index contributed by atoms with van der Waals surface area (Å²) >= 11 is 3.12. The van der Waals surface area contributed by atoms with Crippen LogP contribution in [0.25, 0.3) is 11.0 Å². The standard InChI is InChI=1S/C19H13BrN2O8/c20-14-7-12(22(26)27)3-5-15(14)21-17(23)9-29-19(25)10-28-13-4-1-11-2-6-18(24)30-16(11)8-13/h1-8H,9-10H2,(H,21,23). The summed E-state index contributed by atoms with van der Waals surface area (Å²) in [6.07, 6.45) is 0. The van der Waals surface area contributed by atoms with Crippen LogP contribution in [0.1, 0.15) is 0 Å². The third-order valence-corrected chi connectivity index (χ3v) is 4.41. The van der Waals surface area contributed by atoms with E-state index in [0.29, 0.717) is 15.4 Å². The summed E-state index contributed by atoms with van der Waals surface area (Å²) < 4.78 is 15.5. The van der Waals surface area contributed by atoms with Gasteiger partial charge in [-0.1, -0.05) is 0 Å². The Morgan fingerprint density at radius 3 is 2.60 bits per heavy atom. The Bertz CT molecular complexity index is 1190. The van der Waals surface area contributed by atoms with Gasteiger partial charge < -0.3 is 19.2 Å². The molecule has 1 heterocycles. The molecule has 154 valence electrons. The fourth-order valence-electron chi connectivity index (χ4n) is 2.37. The van der Waals surface area contributed by atoms with Crippen LogP contribution in [0.2, 0.25) is 0 Å². The minimum atomic E-state index is -0.789. The maximum absolute atomic E-state index is 11.9. The number of hydrogen-bond acceptors (Lipinski definition) is 8. The summed E-state index contributed by atoms with van der Waals surface area (Å²) in [5, 5.41) is 13.9. The van der Waals surface area contributed by atoms with Crippen molar-refractivity contribution in [3.8, 4) is 5.75 Å². The van der Waals surface area contributed by atoms with Gasteiger partial charge in [-0.25, -0.2) is 9.59 Å². The highest BCUT2D eigenvalue weighted by molar-refractivity contribution is 9.10. The maximum Gasteiger partial charge on any atom is 0.344 e. The lowest BCUT2D eigenvalue weighted by molar-refractivity contribution is -0.384. The molecule has 10 nitrogen and oxygen atoms in total. The number of amides is 1. The van der Waals surface area contributed by atoms with E-state index >= 15 is 0 Å². The fraction of sp³-hybridized carbons (Fsp3) is 0.105. The highest BCUT2D eigenvalue weighted by atomic mass is 79.9. The van der Waals surface area contributed by atoms with Crippen LogP contribution in [-0.4, -0.2) is 30.0 Å². The van der Waals surface area contributed by atoms with Crippen LogP contribution in [-0.2, 0) is 14.3 Å². The number of anilines is 1. The van der Waals surface area contributed by atoms with E-state index in [1.165, 1.54) is 30.3 Å². The lowest BCUT2D eigenvalue weighted by Crippen LogP contribution is -2.23. The minimum absolute atomic E-state index is 0.142. The van der Waals surface area contributed by atoms with Gasteiger partial charge in [-0.3, -0.25) is 14.9 Å². The second-order valence-electron chi connectivity index (χ2n) is 5.87. The number of non-ortho nitro benzene ring substituents is 1. The molecular formula is C19H13BrN2O8. The highest BCUT2D eigenvalue weighted by Gasteiger charge is 2.13. The Labute approximate surface area is 176 Å². The second kappa shape index (κ2) is 9.18. The molecule has 0 bridgehead atoms. The van der Waals surface area contributed by atoms with Crippen molar-refractivity contribution in [1.29, 1.82) is 0 Å². The smallest absolute Gasteiger partial charge is 0.344 e. The molecule has 0 saturated heterocycles. The number of carbonyl (C=O) groups is 2. The summed E-state index contributed by atoms with van der Waals surface area (Å²) in [5.74, 6) is -1.14. The zero-order chi connectivity index (χ0) is 21.7. The van der Waals surface area contributed by atoms with E-state index in [-0.39, 0.29) is 17.1 Å². The lowest BCUT2D eigenvalue weighted by Gasteiger charge is -2.09. The van der Waals surface area contributed by atoms with Crippen molar-refractivity contribution < 1.29 is 28.4 Å². The van der Waals surface area contributed by atoms with Crippen molar-refractivity contribution >= 4 is 50.2 Å². The molecule has 3 aromatic rings. The first-order chi connectivity index (χ1) is 14.3. The molecule has 0 atom stereocenters. The van der Waals surface area contributed by atoms with E-state index in [0.717, 1.165) is 0 Å². The lowest BCUT2D eigenvalue weighted by atomic mass is 10.2. The monoisotopic (exact) mass is 476 g/mol. The average Bonchev–Trinajstić information content (AvgIpc) is 2.71. The molecule has 0 aliphatic heterocycles. The summed E-state index contributed by atoms with van der Waals surface area (Å²) in [4.78, 5) is 45.1. The number of fused-ring (bicyclic) bond motifs is 1. The van der Waals surface area contributed by atoms with Gasteiger partial charge >= 0.3 is 11.6 Å². The van der Waals surface area contributed by atoms with Crippen molar-refractivity contribution in [3.63, 3.8) is 0 Å². The first-order valence-electron chi connectivity index (χ1n) is 8.38. The van der Waals surface area contributed by atoms with Crippen molar-refractivity contribution in [3.05, 3.63) is 73.5 Å². The number of nitrogens with zero attached hydrogens (tertiary/aromatic N) is 1. The second-order valence-corrected chi connectivity index (χ2v) is 6.73. The summed E-state index contributed by atoms with van der Waals surface area (Å²) in [5.41, 5.74) is -0.0573. The molecule has 2 aromatic carbocycles. The normalized spacial score (nSPS) is 10.4. The Morgan fingerprint density at radius 2 is 1.87 bits per heavy atom. The van der Waals surface area contributed by atoms with E-state index in [1.807, 2.05) is 0 Å². The first kappa shape index (κ1) is 21.0. The zero-order valence-corrected chi connectivity index (χ0v) is 16.7. The molecule has 0 aliphatic rings. The molecule has 0 saturated carbocycles. The zero-order valence-electron chi connectivity index (χ0n) is 15.1. The van der Waals surface area contributed by atoms with Crippen LogP contribution in [0.5, 0.6) is 5.75 Å². The molecule has 0 fully saturated rings. The number of rotatable bonds is 7. The number of benzene rings is 2. The van der Waals surface area contributed by atoms with Gasteiger partial charge in [0.15, 0.2) is 13.2 Å². The number of nitrogens with one attached hydrogen (secondary N) is 1. The molecule has 1 aromatic heterocycles. The number of nitro benzene ring substituents is 1. The van der Waals surface area contributed by atoms with Gasteiger partial charge in [0, 0.05) is 34.1 Å². The first-order valence-corrected chi connectivity index (χ1v) is 9.17. The molecule has 0 unspecified atom stereocenters. The van der Waals surface area contributed by atoms with Crippen LogP contribution in [0, 0.1) is 10.1 Å². The molecule has 11 heteroatoms. The highest BCUT2D eigenvalue weighted by Crippen LogP contribution is 2.27. The predicted molar refractivity (Wildman–Crippen MR) is 108 cm³/mol. The van der Waals surface area contributed by atoms with Crippen LogP contribution in [0.4, 0.5) is 11.4 Å². The van der Waals surface area contributed by atoms with E-state index in [1.54, 1.807) is 18.2 Å². The molecule has 30 heavy (non-hydrogen) atoms. The fourth-order valence-corrected chi connectivity index (χ4v) is 2.83. The summed E-state index contributed by atoms with van der Waals surface area (Å²) in [6, 6.07) is 11.4. The van der Waals surface area contributed by atoms with E-state index in [2.05, 4.69) is 21.2 Å². The van der Waals surface area contributed by atoms with E-state index < -0.39 is 35.6 Å². The van der Waals surface area contributed by atoms with Crippen molar-refractivity contribution in [2.24, 2.45) is 0 Å². The average molecular weight is 477 g/mol. The minimum Gasteiger partial charge on any atom is -0.482 e. The molecule has 3 rings (SSSR count). The third-order valence-electron chi connectivity index (χ3n) is 3.75. The van der Waals surface area contributed by atoms with Gasteiger partial charge in [0.05, 0.1) is 10.6 Å². The maximum atomic E-state index is 11.9. The molecule has 0 aliphatic carbocycles. The summed E-state index contributed by atoms with van der Waals surface area (Å²) in [7, 11) is 0. The van der Waals surface area contributed by atoms with E-state index in [4.69, 9.17) is 13.9 Å². The van der Waals surface area contributed by atoms with Gasteiger partial charge in [0.1, 0.15) is 11.3 Å². The van der Waals surface area contributed by atoms with Gasteiger partial charge in [-0.2, -0.15) is 0 Å². The molecule has 1 N–H and O–H groups in total. The Morgan fingerprint density at radius 1 is 1.10 bits per heavy atom. The number of esters is 1. The van der Waals surface area contributed by atoms with Crippen molar-refractivity contribution in [1.82, 2.24) is 0 Å². The van der Waals surface area contributed by atoms with Gasteiger partial charge in [-0.15, -0.1) is 0 Å². The van der Waals surface area contributed by atoms with Gasteiger partial charge in [-0.05, 0) is 40.2 Å². The van der Waals surface area contributed by atoms with Crippen molar-refractivity contribution in [2.45, 2.75) is 0 Å². The van der Waals surface area contributed by atoms with Crippen LogP contribution < -0.4 is 15.7 Å². The predicted octanol–water partition coefficient (Wildman–Crippen LogP) is 3.02.